The van der Waals surface area contributed by atoms with Gasteiger partial charge in [0.2, 0.25) is 0 Å². The maximum Gasteiger partial charge on any atom is 0.156 e. The Morgan fingerprint density at radius 3 is 3.07 bits per heavy atom. The van der Waals surface area contributed by atoms with Gasteiger partial charge in [0.1, 0.15) is 0 Å². The van der Waals surface area contributed by atoms with Crippen LogP contribution in [0.2, 0.25) is 0 Å². The third-order valence-corrected chi connectivity index (χ3v) is 2.27. The van der Waals surface area contributed by atoms with Gasteiger partial charge in [-0.15, -0.1) is 0 Å². The number of amidine groups is 1. The first-order valence-corrected chi connectivity index (χ1v) is 5.04. The van der Waals surface area contributed by atoms with Crippen LogP contribution in [0.25, 0.3) is 0 Å². The van der Waals surface area contributed by atoms with Crippen LogP contribution < -0.4 is 5.32 Å². The van der Waals surface area contributed by atoms with E-state index in [2.05, 4.69) is 15.5 Å². The maximum atomic E-state index is 5.09. The molecule has 0 unspecified atom stereocenters. The number of aromatic nitrogens is 1. The average molecular weight is 193 g/mol. The summed E-state index contributed by atoms with van der Waals surface area (Å²) in [5.74, 6) is 1.97. The summed E-state index contributed by atoms with van der Waals surface area (Å²) in [6.45, 7) is 3.57. The first-order valence-electron chi connectivity index (χ1n) is 5.04. The highest BCUT2D eigenvalue weighted by Gasteiger charge is 2.06. The van der Waals surface area contributed by atoms with Crippen molar-refractivity contribution < 1.29 is 4.52 Å². The van der Waals surface area contributed by atoms with Gasteiger partial charge in [0.15, 0.2) is 5.76 Å². The van der Waals surface area contributed by atoms with Gasteiger partial charge in [0.05, 0.1) is 18.1 Å². The Morgan fingerprint density at radius 2 is 2.43 bits per heavy atom. The second kappa shape index (κ2) is 4.26. The maximum absolute atomic E-state index is 5.09. The zero-order chi connectivity index (χ0) is 9.80. The normalized spacial score (nSPS) is 16.5. The zero-order valence-corrected chi connectivity index (χ0v) is 8.42. The third-order valence-electron chi connectivity index (χ3n) is 2.27. The fourth-order valence-corrected chi connectivity index (χ4v) is 1.53. The van der Waals surface area contributed by atoms with Gasteiger partial charge in [-0.1, -0.05) is 5.16 Å². The first kappa shape index (κ1) is 9.24. The number of hydrogen-bond donors (Lipinski definition) is 1. The molecule has 1 aliphatic heterocycles. The van der Waals surface area contributed by atoms with Crippen LogP contribution in [0.1, 0.15) is 30.7 Å². The molecule has 1 N–H and O–H groups in total. The highest BCUT2D eigenvalue weighted by Crippen LogP contribution is 2.06. The van der Waals surface area contributed by atoms with Gasteiger partial charge in [-0.25, -0.2) is 0 Å². The van der Waals surface area contributed by atoms with Crippen molar-refractivity contribution in [1.82, 2.24) is 10.5 Å². The SMILES string of the molecule is Cc1cc(CNC2=NCCCC2)on1. The lowest BCUT2D eigenvalue weighted by Crippen LogP contribution is -2.25. The molecule has 0 radical (unpaired) electrons. The predicted molar refractivity (Wildman–Crippen MR) is 54.2 cm³/mol. The van der Waals surface area contributed by atoms with Crippen LogP contribution in [0.4, 0.5) is 0 Å². The number of aliphatic imine (C=N–C) groups is 1. The summed E-state index contributed by atoms with van der Waals surface area (Å²) in [6, 6.07) is 1.94. The van der Waals surface area contributed by atoms with E-state index in [0.29, 0.717) is 6.54 Å². The minimum absolute atomic E-state index is 0.694. The molecule has 2 heterocycles. The van der Waals surface area contributed by atoms with E-state index in [1.54, 1.807) is 0 Å². The van der Waals surface area contributed by atoms with Gasteiger partial charge in [0, 0.05) is 19.0 Å². The number of rotatable bonds is 2. The molecule has 0 aromatic carbocycles. The lowest BCUT2D eigenvalue weighted by atomic mass is 10.2. The highest BCUT2D eigenvalue weighted by molar-refractivity contribution is 5.82. The van der Waals surface area contributed by atoms with Gasteiger partial charge in [-0.2, -0.15) is 0 Å². The van der Waals surface area contributed by atoms with Crippen LogP contribution in [0.3, 0.4) is 0 Å². The van der Waals surface area contributed by atoms with E-state index in [1.807, 2.05) is 13.0 Å². The summed E-state index contributed by atoms with van der Waals surface area (Å²) in [5.41, 5.74) is 0.924. The summed E-state index contributed by atoms with van der Waals surface area (Å²) < 4.78 is 5.09. The van der Waals surface area contributed by atoms with Crippen LogP contribution in [0.5, 0.6) is 0 Å². The van der Waals surface area contributed by atoms with Crippen molar-refractivity contribution in [1.29, 1.82) is 0 Å². The van der Waals surface area contributed by atoms with E-state index in [0.717, 1.165) is 30.3 Å². The van der Waals surface area contributed by atoms with E-state index in [1.165, 1.54) is 12.8 Å². The van der Waals surface area contributed by atoms with E-state index < -0.39 is 0 Å². The number of nitrogens with one attached hydrogen (secondary N) is 1. The molecule has 0 saturated heterocycles. The largest absolute Gasteiger partial charge is 0.366 e. The third kappa shape index (κ3) is 2.34. The first-order chi connectivity index (χ1) is 6.84. The van der Waals surface area contributed by atoms with Crippen LogP contribution in [-0.4, -0.2) is 17.5 Å². The van der Waals surface area contributed by atoms with Crippen molar-refractivity contribution in [2.75, 3.05) is 6.54 Å². The average Bonchev–Trinajstić information content (AvgIpc) is 2.63. The van der Waals surface area contributed by atoms with Crippen molar-refractivity contribution in [3.63, 3.8) is 0 Å². The second-order valence-electron chi connectivity index (χ2n) is 3.57. The van der Waals surface area contributed by atoms with E-state index in [4.69, 9.17) is 4.52 Å². The Hall–Kier alpha value is -1.32. The lowest BCUT2D eigenvalue weighted by Gasteiger charge is -2.12. The molecular formula is C10H15N3O. The van der Waals surface area contributed by atoms with E-state index in [-0.39, 0.29) is 0 Å². The van der Waals surface area contributed by atoms with Gasteiger partial charge in [-0.05, 0) is 19.8 Å². The van der Waals surface area contributed by atoms with Gasteiger partial charge < -0.3 is 9.84 Å². The quantitative estimate of drug-likeness (QED) is 0.777. The van der Waals surface area contributed by atoms with E-state index >= 15 is 0 Å². The molecule has 0 saturated carbocycles. The summed E-state index contributed by atoms with van der Waals surface area (Å²) in [6.07, 6.45) is 3.51. The van der Waals surface area contributed by atoms with Crippen LogP contribution in [0.15, 0.2) is 15.6 Å². The number of hydrogen-bond acceptors (Lipinski definition) is 4. The van der Waals surface area contributed by atoms with Crippen molar-refractivity contribution in [3.8, 4) is 0 Å². The molecule has 1 aromatic rings. The summed E-state index contributed by atoms with van der Waals surface area (Å²) in [7, 11) is 0. The Balaban J connectivity index is 1.84. The van der Waals surface area contributed by atoms with Crippen LogP contribution in [-0.2, 0) is 6.54 Å². The molecule has 1 aliphatic rings. The zero-order valence-electron chi connectivity index (χ0n) is 8.42. The fourth-order valence-electron chi connectivity index (χ4n) is 1.53. The molecule has 0 bridgehead atoms. The van der Waals surface area contributed by atoms with Crippen molar-refractivity contribution >= 4 is 5.84 Å². The monoisotopic (exact) mass is 193 g/mol. The fraction of sp³-hybridized carbons (Fsp3) is 0.600. The second-order valence-corrected chi connectivity index (χ2v) is 3.57. The Labute approximate surface area is 83.4 Å². The highest BCUT2D eigenvalue weighted by atomic mass is 16.5. The number of aryl methyl sites for hydroxylation is 1. The molecule has 4 heteroatoms. The minimum Gasteiger partial charge on any atom is -0.366 e. The van der Waals surface area contributed by atoms with Gasteiger partial charge in [-0.3, -0.25) is 4.99 Å². The summed E-state index contributed by atoms with van der Waals surface area (Å²) in [5, 5.41) is 7.09. The van der Waals surface area contributed by atoms with Crippen molar-refractivity contribution in [3.05, 3.63) is 17.5 Å². The predicted octanol–water partition coefficient (Wildman–Crippen LogP) is 1.66. The molecule has 76 valence electrons. The smallest absolute Gasteiger partial charge is 0.156 e. The Morgan fingerprint density at radius 1 is 1.50 bits per heavy atom. The van der Waals surface area contributed by atoms with Crippen LogP contribution >= 0.6 is 0 Å². The van der Waals surface area contributed by atoms with Crippen LogP contribution in [0, 0.1) is 6.92 Å². The van der Waals surface area contributed by atoms with Gasteiger partial charge >= 0.3 is 0 Å². The van der Waals surface area contributed by atoms with Gasteiger partial charge in [0.25, 0.3) is 0 Å². The topological polar surface area (TPSA) is 50.4 Å². The molecule has 14 heavy (non-hydrogen) atoms. The molecule has 0 amide bonds. The molecular weight excluding hydrogens is 178 g/mol. The van der Waals surface area contributed by atoms with E-state index in [9.17, 15) is 0 Å². The molecule has 0 aliphatic carbocycles. The standard InChI is InChI=1S/C10H15N3O/c1-8-6-9(14-13-8)7-12-10-4-2-3-5-11-10/h6H,2-5,7H2,1H3,(H,11,12). The van der Waals surface area contributed by atoms with Crippen molar-refractivity contribution in [2.45, 2.75) is 32.7 Å². The molecule has 1 aromatic heterocycles. The molecule has 0 fully saturated rings. The minimum atomic E-state index is 0.694. The summed E-state index contributed by atoms with van der Waals surface area (Å²) in [4.78, 5) is 4.39. The summed E-state index contributed by atoms with van der Waals surface area (Å²) >= 11 is 0. The Kier molecular flexibility index (Phi) is 2.81. The molecule has 0 spiro atoms. The molecule has 2 rings (SSSR count). The lowest BCUT2D eigenvalue weighted by molar-refractivity contribution is 0.376. The molecule has 0 atom stereocenters. The Bertz CT molecular complexity index is 330. The molecule has 4 nitrogen and oxygen atoms in total. The van der Waals surface area contributed by atoms with Crippen molar-refractivity contribution in [2.24, 2.45) is 4.99 Å². The number of nitrogens with zero attached hydrogens (tertiary/aromatic N) is 2.